The van der Waals surface area contributed by atoms with Crippen molar-refractivity contribution in [2.45, 2.75) is 104 Å². The van der Waals surface area contributed by atoms with Crippen molar-refractivity contribution in [1.82, 2.24) is 9.80 Å². The van der Waals surface area contributed by atoms with Gasteiger partial charge >= 0.3 is 0 Å². The average molecular weight is 365 g/mol. The molecular weight excluding hydrogens is 328 g/mol. The van der Waals surface area contributed by atoms with Gasteiger partial charge in [-0.25, -0.2) is 0 Å². The number of aliphatic hydroxyl groups is 4. The maximum absolute atomic E-state index is 10.4. The molecule has 0 bridgehead atoms. The van der Waals surface area contributed by atoms with Crippen molar-refractivity contribution in [3.63, 3.8) is 0 Å². The molecule has 0 amide bonds. The van der Waals surface area contributed by atoms with Crippen molar-refractivity contribution in [1.29, 1.82) is 0 Å². The van der Waals surface area contributed by atoms with Crippen LogP contribution in [0, 0.1) is 0 Å². The van der Waals surface area contributed by atoms with Crippen molar-refractivity contribution < 1.29 is 20.4 Å². The standard InChI is InChI=1S/C17H36N2O4S/c1-5-9-13(20)18(14(21)10-6-2)17(24)19(15(22)11-7-3)16(23)12-8-4/h13-16,20-23H,5-12H2,1-4H3. The number of nitrogens with zero attached hydrogens (tertiary/aromatic N) is 2. The second kappa shape index (κ2) is 12.8. The third-order valence-electron chi connectivity index (χ3n) is 3.91. The van der Waals surface area contributed by atoms with E-state index in [-0.39, 0.29) is 5.11 Å². The Morgan fingerprint density at radius 3 is 1.00 bits per heavy atom. The monoisotopic (exact) mass is 364 g/mol. The van der Waals surface area contributed by atoms with Gasteiger partial charge in [0, 0.05) is 0 Å². The Labute approximate surface area is 152 Å². The van der Waals surface area contributed by atoms with E-state index in [4.69, 9.17) is 12.2 Å². The lowest BCUT2D eigenvalue weighted by Crippen LogP contribution is -2.58. The Bertz CT molecular complexity index is 293. The fourth-order valence-electron chi connectivity index (χ4n) is 2.63. The van der Waals surface area contributed by atoms with Gasteiger partial charge in [0.05, 0.1) is 0 Å². The van der Waals surface area contributed by atoms with E-state index in [1.165, 1.54) is 9.80 Å². The molecule has 0 aliphatic rings. The molecule has 0 aromatic rings. The summed E-state index contributed by atoms with van der Waals surface area (Å²) in [7, 11) is 0. The zero-order valence-electron chi connectivity index (χ0n) is 15.6. The molecular formula is C17H36N2O4S. The Kier molecular flexibility index (Phi) is 12.6. The highest BCUT2D eigenvalue weighted by Gasteiger charge is 2.33. The van der Waals surface area contributed by atoms with Gasteiger partial charge in [-0.05, 0) is 37.9 Å². The Balaban J connectivity index is 5.51. The van der Waals surface area contributed by atoms with Crippen LogP contribution in [-0.4, -0.2) is 60.2 Å². The first-order valence-corrected chi connectivity index (χ1v) is 9.59. The lowest BCUT2D eigenvalue weighted by atomic mass is 10.2. The zero-order chi connectivity index (χ0) is 18.7. The summed E-state index contributed by atoms with van der Waals surface area (Å²) in [5, 5.41) is 41.8. The molecule has 0 aromatic heterocycles. The summed E-state index contributed by atoms with van der Waals surface area (Å²) in [5.41, 5.74) is 0. The topological polar surface area (TPSA) is 87.4 Å². The van der Waals surface area contributed by atoms with E-state index in [9.17, 15) is 20.4 Å². The molecule has 0 radical (unpaired) electrons. The summed E-state index contributed by atoms with van der Waals surface area (Å²) in [6.45, 7) is 7.75. The minimum Gasteiger partial charge on any atom is -0.373 e. The maximum atomic E-state index is 10.4. The number of hydrogen-bond acceptors (Lipinski definition) is 5. The predicted molar refractivity (Wildman–Crippen MR) is 99.9 cm³/mol. The Morgan fingerprint density at radius 1 is 0.625 bits per heavy atom. The number of rotatable bonds is 12. The maximum Gasteiger partial charge on any atom is 0.179 e. The lowest BCUT2D eigenvalue weighted by Gasteiger charge is -2.42. The third-order valence-corrected chi connectivity index (χ3v) is 4.34. The Morgan fingerprint density at radius 2 is 0.833 bits per heavy atom. The van der Waals surface area contributed by atoms with Crippen molar-refractivity contribution in [2.24, 2.45) is 0 Å². The van der Waals surface area contributed by atoms with Crippen LogP contribution < -0.4 is 0 Å². The SMILES string of the molecule is CCCC(O)N(C(=S)N(C(O)CCC)C(O)CCC)C(O)CCC. The van der Waals surface area contributed by atoms with E-state index in [1.54, 1.807) is 0 Å². The molecule has 7 heteroatoms. The van der Waals surface area contributed by atoms with Crippen molar-refractivity contribution >= 4 is 17.3 Å². The molecule has 4 N–H and O–H groups in total. The molecule has 4 atom stereocenters. The van der Waals surface area contributed by atoms with E-state index in [1.807, 2.05) is 27.7 Å². The van der Waals surface area contributed by atoms with Crippen LogP contribution in [0.15, 0.2) is 0 Å². The second-order valence-corrected chi connectivity index (χ2v) is 6.54. The fraction of sp³-hybridized carbons (Fsp3) is 0.941. The van der Waals surface area contributed by atoms with E-state index >= 15 is 0 Å². The first-order valence-electron chi connectivity index (χ1n) is 9.18. The van der Waals surface area contributed by atoms with Crippen LogP contribution in [0.2, 0.25) is 0 Å². The highest BCUT2D eigenvalue weighted by atomic mass is 32.1. The summed E-state index contributed by atoms with van der Waals surface area (Å²) in [4.78, 5) is 2.69. The summed E-state index contributed by atoms with van der Waals surface area (Å²) >= 11 is 5.47. The molecule has 144 valence electrons. The predicted octanol–water partition coefficient (Wildman–Crippen LogP) is 2.35. The van der Waals surface area contributed by atoms with E-state index in [0.717, 1.165) is 25.7 Å². The van der Waals surface area contributed by atoms with E-state index in [0.29, 0.717) is 25.7 Å². The molecule has 4 unspecified atom stereocenters. The van der Waals surface area contributed by atoms with Crippen LogP contribution >= 0.6 is 12.2 Å². The molecule has 0 heterocycles. The molecule has 0 spiro atoms. The van der Waals surface area contributed by atoms with Gasteiger partial charge in [0.1, 0.15) is 24.9 Å². The third kappa shape index (κ3) is 7.19. The van der Waals surface area contributed by atoms with Crippen LogP contribution in [0.5, 0.6) is 0 Å². The van der Waals surface area contributed by atoms with Gasteiger partial charge in [-0.3, -0.25) is 9.80 Å². The smallest absolute Gasteiger partial charge is 0.179 e. The molecule has 6 nitrogen and oxygen atoms in total. The van der Waals surface area contributed by atoms with Crippen molar-refractivity contribution in [3.8, 4) is 0 Å². The molecule has 24 heavy (non-hydrogen) atoms. The van der Waals surface area contributed by atoms with Gasteiger partial charge in [0.25, 0.3) is 0 Å². The number of aliphatic hydroxyl groups excluding tert-OH is 4. The van der Waals surface area contributed by atoms with Crippen molar-refractivity contribution in [3.05, 3.63) is 0 Å². The van der Waals surface area contributed by atoms with Gasteiger partial charge in [-0.15, -0.1) is 0 Å². The number of thiocarbonyl (C=S) groups is 1. The lowest BCUT2D eigenvalue weighted by molar-refractivity contribution is -0.102. The zero-order valence-corrected chi connectivity index (χ0v) is 16.4. The minimum absolute atomic E-state index is 0.0961. The molecule has 0 aromatic carbocycles. The molecule has 0 rings (SSSR count). The van der Waals surface area contributed by atoms with E-state index < -0.39 is 24.9 Å². The molecule has 0 aliphatic carbocycles. The first kappa shape index (κ1) is 23.5. The number of hydrogen-bond donors (Lipinski definition) is 4. The van der Waals surface area contributed by atoms with E-state index in [2.05, 4.69) is 0 Å². The normalized spacial score (nSPS) is 16.3. The van der Waals surface area contributed by atoms with Crippen LogP contribution in [0.25, 0.3) is 0 Å². The van der Waals surface area contributed by atoms with Crippen LogP contribution in [0.1, 0.15) is 79.1 Å². The fourth-order valence-corrected chi connectivity index (χ4v) is 3.12. The first-order chi connectivity index (χ1) is 11.3. The largest absolute Gasteiger partial charge is 0.373 e. The van der Waals surface area contributed by atoms with Crippen LogP contribution in [0.3, 0.4) is 0 Å². The van der Waals surface area contributed by atoms with Gasteiger partial charge in [-0.1, -0.05) is 53.4 Å². The second-order valence-electron chi connectivity index (χ2n) is 6.17. The average Bonchev–Trinajstić information content (AvgIpc) is 2.48. The van der Waals surface area contributed by atoms with Gasteiger partial charge in [-0.2, -0.15) is 0 Å². The molecule has 0 aliphatic heterocycles. The van der Waals surface area contributed by atoms with Crippen LogP contribution in [-0.2, 0) is 0 Å². The summed E-state index contributed by atoms with van der Waals surface area (Å²) in [6, 6.07) is 0. The molecule has 0 saturated carbocycles. The van der Waals surface area contributed by atoms with Crippen molar-refractivity contribution in [2.75, 3.05) is 0 Å². The summed E-state index contributed by atoms with van der Waals surface area (Å²) in [5.74, 6) is 0. The molecule has 0 saturated heterocycles. The highest BCUT2D eigenvalue weighted by Crippen LogP contribution is 2.20. The highest BCUT2D eigenvalue weighted by molar-refractivity contribution is 7.80. The summed E-state index contributed by atoms with van der Waals surface area (Å²) < 4.78 is 0. The van der Waals surface area contributed by atoms with Crippen LogP contribution in [0.4, 0.5) is 0 Å². The molecule has 0 fully saturated rings. The van der Waals surface area contributed by atoms with Gasteiger partial charge in [0.15, 0.2) is 5.11 Å². The minimum atomic E-state index is -0.950. The summed E-state index contributed by atoms with van der Waals surface area (Å²) in [6.07, 6.45) is 0.910. The van der Waals surface area contributed by atoms with Gasteiger partial charge in [0.2, 0.25) is 0 Å². The quantitative estimate of drug-likeness (QED) is 0.312. The Hall–Kier alpha value is -0.470. The van der Waals surface area contributed by atoms with Gasteiger partial charge < -0.3 is 20.4 Å².